The summed E-state index contributed by atoms with van der Waals surface area (Å²) in [7, 11) is 0. The zero-order valence-electron chi connectivity index (χ0n) is 18.8. The molecule has 2 amide bonds. The minimum absolute atomic E-state index is 0.147. The van der Waals surface area contributed by atoms with Crippen LogP contribution in [0.15, 0.2) is 24.3 Å². The molecule has 3 fully saturated rings. The van der Waals surface area contributed by atoms with Crippen LogP contribution in [0, 0.1) is 34.4 Å². The molecule has 0 radical (unpaired) electrons. The predicted octanol–water partition coefficient (Wildman–Crippen LogP) is 2.26. The molecule has 2 unspecified atom stereocenters. The molecule has 3 aliphatic rings. The fraction of sp³-hybridized carbons (Fsp3) is 0.625. The van der Waals surface area contributed by atoms with Crippen LogP contribution >= 0.6 is 0 Å². The van der Waals surface area contributed by atoms with E-state index >= 15 is 0 Å². The molecule has 1 aromatic carbocycles. The van der Waals surface area contributed by atoms with Crippen molar-refractivity contribution in [1.82, 2.24) is 10.6 Å². The number of primary amides is 1. The predicted molar refractivity (Wildman–Crippen MR) is 114 cm³/mol. The second-order valence-corrected chi connectivity index (χ2v) is 11.1. The molecule has 4 N–H and O–H groups in total. The number of Topliss-reactive ketones (excluding diaryl/α,β-unsaturated/α-hetero) is 1. The molecule has 168 valence electrons. The van der Waals surface area contributed by atoms with Crippen LogP contribution < -0.4 is 16.4 Å². The third-order valence-electron chi connectivity index (χ3n) is 7.87. The van der Waals surface area contributed by atoms with E-state index in [-0.39, 0.29) is 29.1 Å². The Kier molecular flexibility index (Phi) is 4.68. The van der Waals surface area contributed by atoms with Gasteiger partial charge >= 0.3 is 0 Å². The zero-order chi connectivity index (χ0) is 23.0. The molecular formula is C24H32FN3O3. The van der Waals surface area contributed by atoms with Crippen LogP contribution in [0.4, 0.5) is 4.39 Å². The number of amides is 2. The Balaban J connectivity index is 1.92. The van der Waals surface area contributed by atoms with E-state index < -0.39 is 34.0 Å². The van der Waals surface area contributed by atoms with Crippen molar-refractivity contribution >= 4 is 17.6 Å². The average molecular weight is 430 g/mol. The first kappa shape index (κ1) is 21.9. The van der Waals surface area contributed by atoms with E-state index in [2.05, 4.69) is 10.6 Å². The van der Waals surface area contributed by atoms with Crippen molar-refractivity contribution in [2.24, 2.45) is 34.3 Å². The molecule has 0 aromatic heterocycles. The number of ketones is 1. The summed E-state index contributed by atoms with van der Waals surface area (Å²) in [4.78, 5) is 40.6. The van der Waals surface area contributed by atoms with Gasteiger partial charge in [-0.2, -0.15) is 0 Å². The van der Waals surface area contributed by atoms with Crippen LogP contribution in [0.1, 0.15) is 53.0 Å². The number of nitrogens with one attached hydrogen (secondary N) is 2. The quantitative estimate of drug-likeness (QED) is 0.604. The smallest absolute Gasteiger partial charge is 0.245 e. The molecule has 6 nitrogen and oxygen atoms in total. The lowest BCUT2D eigenvalue weighted by Gasteiger charge is -2.49. The Labute approximate surface area is 182 Å². The van der Waals surface area contributed by atoms with E-state index in [0.29, 0.717) is 12.1 Å². The number of carbonyl (C=O) groups is 3. The number of piperidine rings is 1. The van der Waals surface area contributed by atoms with Gasteiger partial charge in [0.1, 0.15) is 11.4 Å². The number of hydrogen-bond donors (Lipinski definition) is 3. The molecule has 2 aliphatic carbocycles. The SMILES string of the molecule is CC1(C)C2CN[C@](C(N)=O)(C(=O)C(NC(=O)C3CC3)(c3ccc(F)cc3)C(C)(C)C)[C@@H]21. The summed E-state index contributed by atoms with van der Waals surface area (Å²) < 4.78 is 13.8. The van der Waals surface area contributed by atoms with Crippen LogP contribution in [0.5, 0.6) is 0 Å². The molecule has 1 aromatic rings. The molecule has 2 saturated carbocycles. The number of rotatable bonds is 6. The lowest BCUT2D eigenvalue weighted by molar-refractivity contribution is -0.148. The van der Waals surface area contributed by atoms with E-state index in [4.69, 9.17) is 5.73 Å². The van der Waals surface area contributed by atoms with Crippen LogP contribution in [0.2, 0.25) is 0 Å². The van der Waals surface area contributed by atoms with Gasteiger partial charge in [0.25, 0.3) is 0 Å². The summed E-state index contributed by atoms with van der Waals surface area (Å²) in [5.74, 6) is -2.12. The molecule has 0 bridgehead atoms. The first-order valence-electron chi connectivity index (χ1n) is 11.0. The minimum atomic E-state index is -1.60. The Morgan fingerprint density at radius 2 is 1.71 bits per heavy atom. The lowest BCUT2D eigenvalue weighted by Crippen LogP contribution is -2.72. The maximum Gasteiger partial charge on any atom is 0.245 e. The number of hydrogen-bond acceptors (Lipinski definition) is 4. The van der Waals surface area contributed by atoms with Gasteiger partial charge in [0.2, 0.25) is 11.8 Å². The molecule has 4 atom stereocenters. The molecular weight excluding hydrogens is 397 g/mol. The lowest BCUT2D eigenvalue weighted by atomic mass is 9.61. The standard InChI is InChI=1S/C24H32FN3O3/c1-21(2,3)24(28-18(29)13-6-7-13,14-8-10-15(25)11-9-14)19(30)23(20(26)31)17-16(12-27-23)22(17,4)5/h8-11,13,16-17,27H,6-7,12H2,1-5H3,(H2,26,31)(H,28,29)/t16?,17-,23-,24?/m0/s1. The first-order chi connectivity index (χ1) is 14.3. The van der Waals surface area contributed by atoms with Crippen LogP contribution in [0.3, 0.4) is 0 Å². The fourth-order valence-electron chi connectivity index (χ4n) is 5.79. The molecule has 1 saturated heterocycles. The van der Waals surface area contributed by atoms with Gasteiger partial charge < -0.3 is 11.1 Å². The monoisotopic (exact) mass is 429 g/mol. The van der Waals surface area contributed by atoms with Crippen molar-refractivity contribution in [3.63, 3.8) is 0 Å². The third-order valence-corrected chi connectivity index (χ3v) is 7.87. The average Bonchev–Trinajstić information content (AvgIpc) is 3.55. The molecule has 7 heteroatoms. The van der Waals surface area contributed by atoms with Crippen LogP contribution in [0.25, 0.3) is 0 Å². The van der Waals surface area contributed by atoms with Crippen molar-refractivity contribution < 1.29 is 18.8 Å². The highest BCUT2D eigenvalue weighted by Gasteiger charge is 2.77. The summed E-state index contributed by atoms with van der Waals surface area (Å²) in [6.45, 7) is 10.1. The minimum Gasteiger partial charge on any atom is -0.368 e. The van der Waals surface area contributed by atoms with Crippen molar-refractivity contribution in [3.8, 4) is 0 Å². The second-order valence-electron chi connectivity index (χ2n) is 11.1. The van der Waals surface area contributed by atoms with Gasteiger partial charge in [0.05, 0.1) is 0 Å². The van der Waals surface area contributed by atoms with E-state index in [1.807, 2.05) is 34.6 Å². The fourth-order valence-corrected chi connectivity index (χ4v) is 5.79. The molecule has 31 heavy (non-hydrogen) atoms. The van der Waals surface area contributed by atoms with E-state index in [9.17, 15) is 18.8 Å². The highest BCUT2D eigenvalue weighted by molar-refractivity contribution is 6.16. The van der Waals surface area contributed by atoms with Gasteiger partial charge in [0.15, 0.2) is 11.3 Å². The Morgan fingerprint density at radius 1 is 1.13 bits per heavy atom. The Morgan fingerprint density at radius 3 is 2.13 bits per heavy atom. The summed E-state index contributed by atoms with van der Waals surface area (Å²) in [5, 5.41) is 6.18. The van der Waals surface area contributed by atoms with Gasteiger partial charge in [-0.15, -0.1) is 0 Å². The van der Waals surface area contributed by atoms with Gasteiger partial charge in [-0.05, 0) is 47.3 Å². The van der Waals surface area contributed by atoms with E-state index in [1.165, 1.54) is 24.3 Å². The van der Waals surface area contributed by atoms with Crippen LogP contribution in [-0.2, 0) is 19.9 Å². The normalized spacial score (nSPS) is 30.8. The molecule has 0 spiro atoms. The number of benzene rings is 1. The Bertz CT molecular complexity index is 948. The third kappa shape index (κ3) is 2.96. The van der Waals surface area contributed by atoms with Crippen LogP contribution in [-0.4, -0.2) is 29.7 Å². The van der Waals surface area contributed by atoms with Crippen molar-refractivity contribution in [2.45, 2.75) is 58.5 Å². The highest BCUT2D eigenvalue weighted by Crippen LogP contribution is 2.67. The summed E-state index contributed by atoms with van der Waals surface area (Å²) in [6.07, 6.45) is 1.53. The van der Waals surface area contributed by atoms with Gasteiger partial charge in [0, 0.05) is 18.4 Å². The first-order valence-corrected chi connectivity index (χ1v) is 11.0. The summed E-state index contributed by atoms with van der Waals surface area (Å²) in [5.41, 5.74) is 2.16. The van der Waals surface area contributed by atoms with Crippen molar-refractivity contribution in [3.05, 3.63) is 35.6 Å². The maximum absolute atomic E-state index is 14.6. The van der Waals surface area contributed by atoms with Gasteiger partial charge in [-0.3, -0.25) is 19.7 Å². The van der Waals surface area contributed by atoms with Crippen molar-refractivity contribution in [2.75, 3.05) is 6.54 Å². The number of nitrogens with two attached hydrogens (primary N) is 1. The number of fused-ring (bicyclic) bond motifs is 1. The topological polar surface area (TPSA) is 101 Å². The Hall–Kier alpha value is -2.28. The van der Waals surface area contributed by atoms with E-state index in [1.54, 1.807) is 0 Å². The molecule has 1 heterocycles. The van der Waals surface area contributed by atoms with Crippen molar-refractivity contribution in [1.29, 1.82) is 0 Å². The highest BCUT2D eigenvalue weighted by atomic mass is 19.1. The van der Waals surface area contributed by atoms with Gasteiger partial charge in [-0.25, -0.2) is 4.39 Å². The summed E-state index contributed by atoms with van der Waals surface area (Å²) >= 11 is 0. The zero-order valence-corrected chi connectivity index (χ0v) is 18.8. The molecule has 4 rings (SSSR count). The summed E-state index contributed by atoms with van der Waals surface area (Å²) in [6, 6.07) is 5.58. The largest absolute Gasteiger partial charge is 0.368 e. The number of carbonyl (C=O) groups excluding carboxylic acids is 3. The molecule has 1 aliphatic heterocycles. The second kappa shape index (κ2) is 6.61. The van der Waals surface area contributed by atoms with E-state index in [0.717, 1.165) is 12.8 Å². The maximum atomic E-state index is 14.6. The number of halogens is 1. The van der Waals surface area contributed by atoms with Gasteiger partial charge in [-0.1, -0.05) is 46.8 Å².